The van der Waals surface area contributed by atoms with Gasteiger partial charge in [0.05, 0.1) is 12.2 Å². The zero-order valence-corrected chi connectivity index (χ0v) is 13.6. The quantitative estimate of drug-likeness (QED) is 0.925. The van der Waals surface area contributed by atoms with Crippen molar-refractivity contribution in [1.82, 2.24) is 10.2 Å². The van der Waals surface area contributed by atoms with Gasteiger partial charge in [0.15, 0.2) is 5.76 Å². The average Bonchev–Trinajstić information content (AvgIpc) is 2.82. The van der Waals surface area contributed by atoms with Crippen LogP contribution in [0.2, 0.25) is 0 Å². The van der Waals surface area contributed by atoms with Gasteiger partial charge in [-0.1, -0.05) is 0 Å². The van der Waals surface area contributed by atoms with Gasteiger partial charge in [-0.2, -0.15) is 0 Å². The molecule has 0 radical (unpaired) electrons. The highest BCUT2D eigenvalue weighted by Crippen LogP contribution is 2.20. The third-order valence-corrected chi connectivity index (χ3v) is 3.92. The molecule has 118 valence electrons. The van der Waals surface area contributed by atoms with E-state index in [9.17, 15) is 4.79 Å². The Morgan fingerprint density at radius 2 is 1.95 bits per heavy atom. The van der Waals surface area contributed by atoms with Crippen LogP contribution < -0.4 is 5.32 Å². The summed E-state index contributed by atoms with van der Waals surface area (Å²) < 4.78 is 11.1. The molecule has 0 aliphatic carbocycles. The van der Waals surface area contributed by atoms with Gasteiger partial charge in [0, 0.05) is 25.2 Å². The van der Waals surface area contributed by atoms with Crippen molar-refractivity contribution in [2.75, 3.05) is 19.6 Å². The second-order valence-corrected chi connectivity index (χ2v) is 6.57. The lowest BCUT2D eigenvalue weighted by atomic mass is 10.00. The summed E-state index contributed by atoms with van der Waals surface area (Å²) in [5, 5.41) is 2.96. The molecule has 21 heavy (non-hydrogen) atoms. The van der Waals surface area contributed by atoms with Gasteiger partial charge in [0.1, 0.15) is 5.76 Å². The summed E-state index contributed by atoms with van der Waals surface area (Å²) in [6, 6.07) is 3.50. The highest BCUT2D eigenvalue weighted by atomic mass is 16.5. The van der Waals surface area contributed by atoms with E-state index in [0.29, 0.717) is 12.3 Å². The van der Waals surface area contributed by atoms with Crippen molar-refractivity contribution < 1.29 is 13.9 Å². The molecule has 1 aliphatic heterocycles. The second kappa shape index (κ2) is 6.20. The van der Waals surface area contributed by atoms with Crippen molar-refractivity contribution in [2.24, 2.45) is 0 Å². The van der Waals surface area contributed by atoms with Crippen LogP contribution in [0.15, 0.2) is 16.5 Å². The Morgan fingerprint density at radius 3 is 2.48 bits per heavy atom. The minimum atomic E-state index is -0.162. The van der Waals surface area contributed by atoms with E-state index in [4.69, 9.17) is 9.15 Å². The Labute approximate surface area is 126 Å². The van der Waals surface area contributed by atoms with Crippen molar-refractivity contribution in [3.63, 3.8) is 0 Å². The number of carbonyl (C=O) groups is 1. The Balaban J connectivity index is 1.92. The van der Waals surface area contributed by atoms with Gasteiger partial charge in [-0.15, -0.1) is 0 Å². The highest BCUT2D eigenvalue weighted by molar-refractivity contribution is 5.91. The third kappa shape index (κ3) is 4.08. The number of hydrogen-bond acceptors (Lipinski definition) is 4. The lowest BCUT2D eigenvalue weighted by molar-refractivity contribution is -0.0948. The topological polar surface area (TPSA) is 54.7 Å². The van der Waals surface area contributed by atoms with Gasteiger partial charge in [-0.05, 0) is 46.8 Å². The minimum absolute atomic E-state index is 0.121. The summed E-state index contributed by atoms with van der Waals surface area (Å²) >= 11 is 0. The fraction of sp³-hybridized carbons (Fsp3) is 0.688. The van der Waals surface area contributed by atoms with E-state index < -0.39 is 0 Å². The number of nitrogens with zero attached hydrogens (tertiary/aromatic N) is 1. The van der Waals surface area contributed by atoms with Crippen LogP contribution in [0, 0.1) is 6.92 Å². The standard InChI is InChI=1S/C16H26N2O3/c1-11-6-7-14(21-11)15(19)17-10-16(4,5)18-8-12(2)20-13(3)9-18/h6-7,12-13H,8-10H2,1-5H3,(H,17,19). The third-order valence-electron chi connectivity index (χ3n) is 3.92. The van der Waals surface area contributed by atoms with E-state index in [0.717, 1.165) is 18.8 Å². The van der Waals surface area contributed by atoms with Crippen molar-refractivity contribution >= 4 is 5.91 Å². The Kier molecular flexibility index (Phi) is 4.74. The fourth-order valence-corrected chi connectivity index (χ4v) is 2.72. The molecule has 1 aliphatic rings. The summed E-state index contributed by atoms with van der Waals surface area (Å²) in [5.74, 6) is 0.952. The van der Waals surface area contributed by atoms with Crippen LogP contribution in [0.25, 0.3) is 0 Å². The van der Waals surface area contributed by atoms with Crippen LogP contribution in [0.1, 0.15) is 44.0 Å². The number of carbonyl (C=O) groups excluding carboxylic acids is 1. The van der Waals surface area contributed by atoms with Gasteiger partial charge < -0.3 is 14.5 Å². The first-order valence-electron chi connectivity index (χ1n) is 7.53. The van der Waals surface area contributed by atoms with E-state index in [-0.39, 0.29) is 23.7 Å². The lowest BCUT2D eigenvalue weighted by Crippen LogP contribution is -2.58. The molecule has 0 saturated carbocycles. The number of ether oxygens (including phenoxy) is 1. The van der Waals surface area contributed by atoms with Gasteiger partial charge in [-0.3, -0.25) is 9.69 Å². The smallest absolute Gasteiger partial charge is 0.287 e. The molecule has 0 aromatic carbocycles. The molecule has 2 unspecified atom stereocenters. The first-order valence-corrected chi connectivity index (χ1v) is 7.53. The number of rotatable bonds is 4. The SMILES string of the molecule is Cc1ccc(C(=O)NCC(C)(C)N2CC(C)OC(C)C2)o1. The second-order valence-electron chi connectivity index (χ2n) is 6.57. The van der Waals surface area contributed by atoms with Crippen LogP contribution in [-0.2, 0) is 4.74 Å². The molecule has 1 aromatic rings. The average molecular weight is 294 g/mol. The number of furan rings is 1. The Bertz CT molecular complexity index is 485. The summed E-state index contributed by atoms with van der Waals surface area (Å²) in [5.41, 5.74) is -0.121. The molecule has 1 aromatic heterocycles. The summed E-state index contributed by atoms with van der Waals surface area (Å²) in [6.45, 7) is 12.6. The molecule has 0 spiro atoms. The number of hydrogen-bond donors (Lipinski definition) is 1. The molecule has 0 bridgehead atoms. The summed E-state index contributed by atoms with van der Waals surface area (Å²) in [6.07, 6.45) is 0.438. The van der Waals surface area contributed by atoms with Crippen LogP contribution in [0.3, 0.4) is 0 Å². The van der Waals surface area contributed by atoms with E-state index in [1.807, 2.05) is 6.92 Å². The van der Waals surface area contributed by atoms with Gasteiger partial charge >= 0.3 is 0 Å². The number of morpholine rings is 1. The summed E-state index contributed by atoms with van der Waals surface area (Å²) in [4.78, 5) is 14.4. The van der Waals surface area contributed by atoms with Crippen LogP contribution in [0.4, 0.5) is 0 Å². The van der Waals surface area contributed by atoms with Crippen LogP contribution in [-0.4, -0.2) is 48.2 Å². The predicted octanol–water partition coefficient (Wildman–Crippen LogP) is 2.21. The number of nitrogens with one attached hydrogen (secondary N) is 1. The fourth-order valence-electron chi connectivity index (χ4n) is 2.72. The Morgan fingerprint density at radius 1 is 1.33 bits per heavy atom. The van der Waals surface area contributed by atoms with E-state index in [2.05, 4.69) is 37.9 Å². The molecule has 2 atom stereocenters. The monoisotopic (exact) mass is 294 g/mol. The number of amides is 1. The van der Waals surface area contributed by atoms with Crippen LogP contribution >= 0.6 is 0 Å². The molecular weight excluding hydrogens is 268 g/mol. The largest absolute Gasteiger partial charge is 0.456 e. The van der Waals surface area contributed by atoms with E-state index >= 15 is 0 Å². The minimum Gasteiger partial charge on any atom is -0.456 e. The molecule has 1 N–H and O–H groups in total. The van der Waals surface area contributed by atoms with Crippen molar-refractivity contribution in [1.29, 1.82) is 0 Å². The van der Waals surface area contributed by atoms with Crippen molar-refractivity contribution in [2.45, 2.75) is 52.4 Å². The molecule has 1 amide bonds. The molecule has 1 saturated heterocycles. The van der Waals surface area contributed by atoms with E-state index in [1.54, 1.807) is 12.1 Å². The first-order chi connectivity index (χ1) is 9.78. The maximum atomic E-state index is 12.1. The first kappa shape index (κ1) is 16.0. The highest BCUT2D eigenvalue weighted by Gasteiger charge is 2.33. The van der Waals surface area contributed by atoms with Crippen LogP contribution in [0.5, 0.6) is 0 Å². The van der Waals surface area contributed by atoms with Crippen molar-refractivity contribution in [3.05, 3.63) is 23.7 Å². The number of aryl methyl sites for hydroxylation is 1. The molecule has 5 heteroatoms. The zero-order valence-electron chi connectivity index (χ0n) is 13.6. The lowest BCUT2D eigenvalue weighted by Gasteiger charge is -2.45. The molecule has 1 fully saturated rings. The maximum absolute atomic E-state index is 12.1. The van der Waals surface area contributed by atoms with Gasteiger partial charge in [0.2, 0.25) is 0 Å². The van der Waals surface area contributed by atoms with Crippen molar-refractivity contribution in [3.8, 4) is 0 Å². The summed E-state index contributed by atoms with van der Waals surface area (Å²) in [7, 11) is 0. The van der Waals surface area contributed by atoms with Gasteiger partial charge in [0.25, 0.3) is 5.91 Å². The maximum Gasteiger partial charge on any atom is 0.287 e. The van der Waals surface area contributed by atoms with E-state index in [1.165, 1.54) is 0 Å². The Hall–Kier alpha value is -1.33. The molecule has 2 heterocycles. The zero-order chi connectivity index (χ0) is 15.6. The molecule has 5 nitrogen and oxygen atoms in total. The van der Waals surface area contributed by atoms with Gasteiger partial charge in [-0.25, -0.2) is 0 Å². The normalized spacial score (nSPS) is 24.0. The molecule has 2 rings (SSSR count). The predicted molar refractivity (Wildman–Crippen MR) is 81.4 cm³/mol. The molecular formula is C16H26N2O3.